The van der Waals surface area contributed by atoms with E-state index >= 15 is 0 Å². The normalized spacial score (nSPS) is 20.9. The van der Waals surface area contributed by atoms with Gasteiger partial charge in [-0.3, -0.25) is 14.5 Å². The number of nitrogens with zero attached hydrogens (tertiary/aromatic N) is 2. The lowest BCUT2D eigenvalue weighted by molar-refractivity contribution is -0.133. The van der Waals surface area contributed by atoms with E-state index in [-0.39, 0.29) is 18.4 Å². The zero-order valence-corrected chi connectivity index (χ0v) is 18.7. The molecule has 2 atom stereocenters. The van der Waals surface area contributed by atoms with E-state index in [4.69, 9.17) is 21.1 Å². The van der Waals surface area contributed by atoms with Crippen molar-refractivity contribution in [2.24, 2.45) is 0 Å². The number of carbonyl (C=O) groups excluding carboxylic acids is 3. The fourth-order valence-electron chi connectivity index (χ4n) is 3.60. The molecule has 2 aliphatic heterocycles. The van der Waals surface area contributed by atoms with Gasteiger partial charge in [0.1, 0.15) is 12.2 Å². The molecule has 1 N–H and O–H groups in total. The fraction of sp³-hybridized carbons (Fsp3) is 0.318. The first-order valence-electron chi connectivity index (χ1n) is 10.1. The third-order valence-corrected chi connectivity index (χ3v) is 6.42. The van der Waals surface area contributed by atoms with Gasteiger partial charge in [-0.2, -0.15) is 0 Å². The summed E-state index contributed by atoms with van der Waals surface area (Å²) in [5.74, 6) is -0.363. The molecule has 168 valence electrons. The van der Waals surface area contributed by atoms with E-state index < -0.39 is 18.3 Å². The van der Waals surface area contributed by atoms with Gasteiger partial charge in [0.2, 0.25) is 0 Å². The maximum atomic E-state index is 12.6. The van der Waals surface area contributed by atoms with Crippen LogP contribution in [-0.2, 0) is 14.3 Å². The highest BCUT2D eigenvalue weighted by atomic mass is 35.5. The predicted molar refractivity (Wildman–Crippen MR) is 123 cm³/mol. The molecule has 2 aliphatic rings. The number of ether oxygens (including phenoxy) is 2. The Hall–Kier alpha value is -2.88. The van der Waals surface area contributed by atoms with Crippen molar-refractivity contribution in [3.63, 3.8) is 0 Å². The highest BCUT2D eigenvalue weighted by molar-refractivity contribution is 7.18. The number of nitrogens with one attached hydrogen (secondary N) is 1. The summed E-state index contributed by atoms with van der Waals surface area (Å²) in [7, 11) is 0. The van der Waals surface area contributed by atoms with Gasteiger partial charge in [0.05, 0.1) is 28.9 Å². The second-order valence-corrected chi connectivity index (χ2v) is 9.04. The average Bonchev–Trinajstić information content (AvgIpc) is 3.39. The molecule has 0 radical (unpaired) electrons. The van der Waals surface area contributed by atoms with Crippen molar-refractivity contribution in [3.8, 4) is 0 Å². The summed E-state index contributed by atoms with van der Waals surface area (Å²) in [4.78, 5) is 40.8. The van der Waals surface area contributed by atoms with E-state index in [1.165, 1.54) is 16.2 Å². The van der Waals surface area contributed by atoms with E-state index in [1.54, 1.807) is 47.4 Å². The monoisotopic (exact) mass is 475 g/mol. The van der Waals surface area contributed by atoms with Gasteiger partial charge >= 0.3 is 6.09 Å². The number of morpholine rings is 1. The average molecular weight is 476 g/mol. The first kappa shape index (κ1) is 22.3. The minimum Gasteiger partial charge on any atom is -0.442 e. The van der Waals surface area contributed by atoms with Crippen molar-refractivity contribution in [2.75, 3.05) is 36.0 Å². The topological polar surface area (TPSA) is 88.2 Å². The zero-order valence-electron chi connectivity index (χ0n) is 17.2. The fourth-order valence-corrected chi connectivity index (χ4v) is 4.56. The molecule has 1 aromatic heterocycles. The van der Waals surface area contributed by atoms with Crippen molar-refractivity contribution >= 4 is 52.2 Å². The third-order valence-electron chi connectivity index (χ3n) is 5.19. The number of hydrogen-bond donors (Lipinski definition) is 1. The van der Waals surface area contributed by atoms with Gasteiger partial charge in [0.25, 0.3) is 11.8 Å². The molecule has 2 aromatic rings. The quantitative estimate of drug-likeness (QED) is 0.619. The molecule has 8 nitrogen and oxygen atoms in total. The molecule has 3 amide bonds. The van der Waals surface area contributed by atoms with Gasteiger partial charge in [0, 0.05) is 24.3 Å². The van der Waals surface area contributed by atoms with Gasteiger partial charge in [-0.1, -0.05) is 17.7 Å². The Kier molecular flexibility index (Phi) is 6.78. The molecule has 0 spiro atoms. The molecular weight excluding hydrogens is 454 g/mol. The molecule has 1 aromatic carbocycles. The molecule has 0 aliphatic carbocycles. The number of hydrogen-bond acceptors (Lipinski definition) is 6. The van der Waals surface area contributed by atoms with Crippen molar-refractivity contribution in [1.29, 1.82) is 0 Å². The summed E-state index contributed by atoms with van der Waals surface area (Å²) < 4.78 is 11.4. The van der Waals surface area contributed by atoms with Crippen LogP contribution < -0.4 is 15.1 Å². The van der Waals surface area contributed by atoms with Crippen LogP contribution in [0.4, 0.5) is 16.2 Å². The number of benzene rings is 1. The maximum absolute atomic E-state index is 12.6. The van der Waals surface area contributed by atoms with E-state index in [1.807, 2.05) is 0 Å². The van der Waals surface area contributed by atoms with Crippen LogP contribution in [0.2, 0.25) is 4.34 Å². The van der Waals surface area contributed by atoms with Crippen LogP contribution in [0.15, 0.2) is 49.1 Å². The highest BCUT2D eigenvalue weighted by Gasteiger charge is 2.33. The van der Waals surface area contributed by atoms with Gasteiger partial charge in [-0.05, 0) is 36.4 Å². The Balaban J connectivity index is 1.35. The van der Waals surface area contributed by atoms with E-state index in [0.717, 1.165) is 5.69 Å². The molecule has 4 rings (SSSR count). The van der Waals surface area contributed by atoms with Crippen molar-refractivity contribution in [2.45, 2.75) is 18.6 Å². The van der Waals surface area contributed by atoms with Crippen LogP contribution in [0.5, 0.6) is 0 Å². The summed E-state index contributed by atoms with van der Waals surface area (Å²) in [6.45, 7) is 5.09. The second kappa shape index (κ2) is 9.72. The number of rotatable bonds is 7. The summed E-state index contributed by atoms with van der Waals surface area (Å²) in [5.41, 5.74) is 1.39. The summed E-state index contributed by atoms with van der Waals surface area (Å²) in [5, 5.41) is 2.76. The van der Waals surface area contributed by atoms with E-state index in [2.05, 4.69) is 11.9 Å². The number of thiophene rings is 1. The first-order chi connectivity index (χ1) is 15.5. The van der Waals surface area contributed by atoms with Gasteiger partial charge < -0.3 is 19.7 Å². The predicted octanol–water partition coefficient (Wildman–Crippen LogP) is 3.46. The van der Waals surface area contributed by atoms with Gasteiger partial charge in [-0.25, -0.2) is 4.79 Å². The zero-order chi connectivity index (χ0) is 22.7. The standard InChI is InChI=1S/C22H22ClN3O5S/c1-2-3-17-21(28)25(10-11-30-17)14-4-6-15(7-5-14)26-13-16(31-22(26)29)12-24-20(27)18-8-9-19(23)32-18/h2,4-9,16-17H,1,3,10-13H2,(H,24,27)/t16-,17?/m0/s1. The minimum atomic E-state index is -0.518. The van der Waals surface area contributed by atoms with Crippen LogP contribution in [0, 0.1) is 0 Å². The smallest absolute Gasteiger partial charge is 0.414 e. The Morgan fingerprint density at radius 2 is 1.91 bits per heavy atom. The highest BCUT2D eigenvalue weighted by Crippen LogP contribution is 2.27. The molecule has 0 saturated carbocycles. The van der Waals surface area contributed by atoms with Crippen molar-refractivity contribution in [3.05, 3.63) is 58.3 Å². The summed E-state index contributed by atoms with van der Waals surface area (Å²) in [6, 6.07) is 10.5. The number of halogens is 1. The van der Waals surface area contributed by atoms with Gasteiger partial charge in [-0.15, -0.1) is 17.9 Å². The van der Waals surface area contributed by atoms with Crippen LogP contribution in [-0.4, -0.2) is 56.4 Å². The van der Waals surface area contributed by atoms with Crippen LogP contribution in [0.3, 0.4) is 0 Å². The number of carbonyl (C=O) groups is 3. The molecule has 10 heteroatoms. The van der Waals surface area contributed by atoms with E-state index in [9.17, 15) is 14.4 Å². The first-order valence-corrected chi connectivity index (χ1v) is 11.3. The Morgan fingerprint density at radius 3 is 2.56 bits per heavy atom. The molecule has 0 bridgehead atoms. The molecular formula is C22H22ClN3O5S. The summed E-state index contributed by atoms with van der Waals surface area (Å²) in [6.07, 6.45) is 0.662. The summed E-state index contributed by atoms with van der Waals surface area (Å²) >= 11 is 7.05. The lowest BCUT2D eigenvalue weighted by Gasteiger charge is -2.32. The molecule has 2 fully saturated rings. The van der Waals surface area contributed by atoms with Crippen molar-refractivity contribution in [1.82, 2.24) is 5.32 Å². The Morgan fingerprint density at radius 1 is 1.19 bits per heavy atom. The lowest BCUT2D eigenvalue weighted by Crippen LogP contribution is -2.47. The van der Waals surface area contributed by atoms with Crippen LogP contribution in [0.25, 0.3) is 0 Å². The second-order valence-electron chi connectivity index (χ2n) is 7.32. The SMILES string of the molecule is C=CCC1OCCN(c2ccc(N3C[C@H](CNC(=O)c4ccc(Cl)s4)OC3=O)cc2)C1=O. The van der Waals surface area contributed by atoms with Gasteiger partial charge in [0.15, 0.2) is 0 Å². The Bertz CT molecular complexity index is 1020. The third kappa shape index (κ3) is 4.79. The minimum absolute atomic E-state index is 0.104. The van der Waals surface area contributed by atoms with Crippen molar-refractivity contribution < 1.29 is 23.9 Å². The van der Waals surface area contributed by atoms with Crippen LogP contribution >= 0.6 is 22.9 Å². The Labute approximate surface area is 194 Å². The molecule has 1 unspecified atom stereocenters. The molecule has 2 saturated heterocycles. The largest absolute Gasteiger partial charge is 0.442 e. The molecule has 32 heavy (non-hydrogen) atoms. The number of amides is 3. The maximum Gasteiger partial charge on any atom is 0.414 e. The number of cyclic esters (lactones) is 1. The number of anilines is 2. The molecule has 3 heterocycles. The van der Waals surface area contributed by atoms with E-state index in [0.29, 0.717) is 41.0 Å². The van der Waals surface area contributed by atoms with Crippen LogP contribution in [0.1, 0.15) is 16.1 Å². The lowest BCUT2D eigenvalue weighted by atomic mass is 10.1.